The minimum atomic E-state index is -0.495. The van der Waals surface area contributed by atoms with Crippen LogP contribution < -0.4 is 16.4 Å². The molecule has 0 aliphatic rings. The van der Waals surface area contributed by atoms with Crippen LogP contribution in [0.4, 0.5) is 17.2 Å². The van der Waals surface area contributed by atoms with Crippen molar-refractivity contribution in [3.63, 3.8) is 0 Å². The average Bonchev–Trinajstić information content (AvgIpc) is 3.21. The molecule has 0 bridgehead atoms. The number of hydrogen-bond acceptors (Lipinski definition) is 7. The van der Waals surface area contributed by atoms with Gasteiger partial charge in [0.1, 0.15) is 23.6 Å². The largest absolute Gasteiger partial charge is 0.506 e. The summed E-state index contributed by atoms with van der Waals surface area (Å²) >= 11 is 0. The minimum absolute atomic E-state index is 0.0795. The molecule has 1 amide bonds. The Morgan fingerprint density at radius 2 is 1.94 bits per heavy atom. The molecule has 0 atom stereocenters. The van der Waals surface area contributed by atoms with Gasteiger partial charge < -0.3 is 21.5 Å². The van der Waals surface area contributed by atoms with E-state index >= 15 is 0 Å². The molecule has 2 heterocycles. The molecular formula is C23H20N8O2. The van der Waals surface area contributed by atoms with Crippen LogP contribution in [-0.2, 0) is 11.3 Å². The highest BCUT2D eigenvalue weighted by Crippen LogP contribution is 2.33. The first-order valence-corrected chi connectivity index (χ1v) is 9.90. The fourth-order valence-corrected chi connectivity index (χ4v) is 3.43. The number of aromatic hydroxyl groups is 1. The Morgan fingerprint density at radius 3 is 2.64 bits per heavy atom. The number of amides is 1. The van der Waals surface area contributed by atoms with Crippen LogP contribution in [0.25, 0.3) is 27.1 Å². The third-order valence-electron chi connectivity index (χ3n) is 5.09. The molecule has 0 fully saturated rings. The van der Waals surface area contributed by atoms with Gasteiger partial charge in [0.15, 0.2) is 5.65 Å². The fraction of sp³-hybridized carbons (Fsp3) is 0.0870. The van der Waals surface area contributed by atoms with E-state index in [1.165, 1.54) is 17.3 Å². The first-order valence-electron chi connectivity index (χ1n) is 9.90. The third kappa shape index (κ3) is 4.03. The van der Waals surface area contributed by atoms with Crippen molar-refractivity contribution >= 4 is 34.1 Å². The number of nitrogen functional groups attached to an aromatic ring is 2. The molecule has 0 unspecified atom stereocenters. The summed E-state index contributed by atoms with van der Waals surface area (Å²) in [5.74, 6) is -0.343. The topological polar surface area (TPSA) is 141 Å². The van der Waals surface area contributed by atoms with Crippen molar-refractivity contribution < 1.29 is 9.90 Å². The first-order chi connectivity index (χ1) is 15.9. The maximum atomic E-state index is 12.8. The predicted octanol–water partition coefficient (Wildman–Crippen LogP) is 2.83. The Bertz CT molecular complexity index is 1410. The number of carbonyl (C=O) groups excluding carboxylic acids is 1. The average molecular weight is 440 g/mol. The second kappa shape index (κ2) is 8.68. The number of phenolic OH excluding ortho intramolecular Hbond substituents is 1. The fourth-order valence-electron chi connectivity index (χ4n) is 3.43. The van der Waals surface area contributed by atoms with Crippen LogP contribution in [0.2, 0.25) is 0 Å². The van der Waals surface area contributed by atoms with Crippen molar-refractivity contribution in [1.82, 2.24) is 19.7 Å². The van der Waals surface area contributed by atoms with E-state index in [-0.39, 0.29) is 36.0 Å². The molecular weight excluding hydrogens is 420 g/mol. The smallest absolute Gasteiger partial charge is 0.256 e. The molecule has 0 radical (unpaired) electrons. The quantitative estimate of drug-likeness (QED) is 0.181. The Balaban J connectivity index is 1.75. The monoisotopic (exact) mass is 440 g/mol. The maximum absolute atomic E-state index is 12.8. The number of aromatic nitrogens is 4. The van der Waals surface area contributed by atoms with Gasteiger partial charge in [-0.2, -0.15) is 5.10 Å². The van der Waals surface area contributed by atoms with Crippen molar-refractivity contribution in [2.24, 2.45) is 0 Å². The van der Waals surface area contributed by atoms with E-state index in [1.807, 2.05) is 6.07 Å². The summed E-state index contributed by atoms with van der Waals surface area (Å²) in [4.78, 5) is 25.9. The summed E-state index contributed by atoms with van der Waals surface area (Å²) < 4.78 is 1.61. The number of benzene rings is 2. The van der Waals surface area contributed by atoms with E-state index in [4.69, 9.17) is 18.0 Å². The third-order valence-corrected chi connectivity index (χ3v) is 5.09. The number of fused-ring (bicyclic) bond motifs is 1. The van der Waals surface area contributed by atoms with Gasteiger partial charge in [0.2, 0.25) is 5.70 Å². The van der Waals surface area contributed by atoms with Gasteiger partial charge in [-0.25, -0.2) is 19.5 Å². The van der Waals surface area contributed by atoms with E-state index in [0.29, 0.717) is 28.0 Å². The lowest BCUT2D eigenvalue weighted by Crippen LogP contribution is -2.34. The van der Waals surface area contributed by atoms with Gasteiger partial charge in [0.25, 0.3) is 5.91 Å². The second-order valence-corrected chi connectivity index (χ2v) is 7.15. The van der Waals surface area contributed by atoms with Gasteiger partial charge in [-0.1, -0.05) is 30.8 Å². The first kappa shape index (κ1) is 21.3. The molecule has 0 saturated carbocycles. The van der Waals surface area contributed by atoms with Crippen LogP contribution in [0.15, 0.2) is 67.1 Å². The molecule has 10 heteroatoms. The Kier molecular flexibility index (Phi) is 5.61. The number of rotatable bonds is 6. The maximum Gasteiger partial charge on any atom is 0.256 e. The highest BCUT2D eigenvalue weighted by Gasteiger charge is 2.22. The lowest BCUT2D eigenvalue weighted by atomic mass is 10.1. The molecule has 2 aromatic heterocycles. The molecule has 0 saturated heterocycles. The second-order valence-electron chi connectivity index (χ2n) is 7.15. The number of carbonyl (C=O) groups is 1. The molecule has 0 aliphatic carbocycles. The highest BCUT2D eigenvalue weighted by atomic mass is 16.3. The van der Waals surface area contributed by atoms with Crippen molar-refractivity contribution in [2.45, 2.75) is 6.54 Å². The van der Waals surface area contributed by atoms with Crippen LogP contribution in [0, 0.1) is 6.57 Å². The Hall–Kier alpha value is -4.91. The summed E-state index contributed by atoms with van der Waals surface area (Å²) in [5.41, 5.74) is 14.1. The van der Waals surface area contributed by atoms with E-state index in [9.17, 15) is 9.90 Å². The van der Waals surface area contributed by atoms with Crippen LogP contribution in [0.3, 0.4) is 0 Å². The lowest BCUT2D eigenvalue weighted by molar-refractivity contribution is -0.114. The summed E-state index contributed by atoms with van der Waals surface area (Å²) in [5, 5.41) is 15.2. The van der Waals surface area contributed by atoms with Gasteiger partial charge in [0, 0.05) is 17.8 Å². The van der Waals surface area contributed by atoms with Crippen molar-refractivity contribution in [2.75, 3.05) is 22.9 Å². The number of nitrogens with zero attached hydrogens (tertiary/aromatic N) is 6. The van der Waals surface area contributed by atoms with Crippen LogP contribution in [0.5, 0.6) is 5.75 Å². The molecule has 4 rings (SSSR count). The molecule has 5 N–H and O–H groups in total. The van der Waals surface area contributed by atoms with Gasteiger partial charge in [0.05, 0.1) is 24.2 Å². The molecule has 0 spiro atoms. The van der Waals surface area contributed by atoms with E-state index in [1.54, 1.807) is 41.1 Å². The summed E-state index contributed by atoms with van der Waals surface area (Å²) in [6.45, 7) is 11.2. The summed E-state index contributed by atoms with van der Waals surface area (Å²) in [6, 6.07) is 13.8. The molecule has 33 heavy (non-hydrogen) atoms. The molecule has 0 aliphatic heterocycles. The molecule has 4 aromatic rings. The van der Waals surface area contributed by atoms with Gasteiger partial charge in [-0.05, 0) is 24.3 Å². The number of nitrogens with two attached hydrogens (primary N) is 2. The molecule has 10 nitrogen and oxygen atoms in total. The van der Waals surface area contributed by atoms with Crippen LogP contribution in [-0.4, -0.2) is 37.3 Å². The van der Waals surface area contributed by atoms with Crippen LogP contribution in [0.1, 0.15) is 0 Å². The number of para-hydroxylation sites is 1. The Labute approximate surface area is 189 Å². The summed E-state index contributed by atoms with van der Waals surface area (Å²) in [6.07, 6.45) is 1.33. The van der Waals surface area contributed by atoms with Crippen molar-refractivity contribution in [3.05, 3.63) is 78.6 Å². The molecule has 2 aromatic carbocycles. The number of anilines is 3. The van der Waals surface area contributed by atoms with Gasteiger partial charge in [-0.15, -0.1) is 0 Å². The lowest BCUT2D eigenvalue weighted by Gasteiger charge is -2.22. The summed E-state index contributed by atoms with van der Waals surface area (Å²) in [7, 11) is 0. The van der Waals surface area contributed by atoms with Crippen LogP contribution >= 0.6 is 0 Å². The minimum Gasteiger partial charge on any atom is -0.506 e. The number of phenols is 1. The zero-order chi connectivity index (χ0) is 23.5. The normalized spacial score (nSPS) is 10.6. The zero-order valence-electron chi connectivity index (χ0n) is 17.5. The van der Waals surface area contributed by atoms with Gasteiger partial charge in [-0.3, -0.25) is 4.79 Å². The standard InChI is InChI=1S/C23H20N8O2/c1-14(26-2)23(33)30(16-6-4-3-5-7-16)10-11-31-22-19(21(25)27-13-28-22)20(29-31)15-8-9-17(24)18(32)12-15/h3-9,12-13,32H,1,10-11,24H2,(H2,25,27,28). The van der Waals surface area contributed by atoms with E-state index < -0.39 is 5.91 Å². The number of hydrogen-bond donors (Lipinski definition) is 3. The van der Waals surface area contributed by atoms with Crippen molar-refractivity contribution in [3.8, 4) is 17.0 Å². The Morgan fingerprint density at radius 1 is 1.18 bits per heavy atom. The van der Waals surface area contributed by atoms with Crippen molar-refractivity contribution in [1.29, 1.82) is 0 Å². The molecule has 164 valence electrons. The SMILES string of the molecule is [C-]#[N+]C(=C)C(=O)N(CCn1nc(-c2ccc(N)c(O)c2)c2c(N)ncnc21)c1ccccc1. The van der Waals surface area contributed by atoms with E-state index in [2.05, 4.69) is 26.5 Å². The highest BCUT2D eigenvalue weighted by molar-refractivity contribution is 6.06. The van der Waals surface area contributed by atoms with E-state index in [0.717, 1.165) is 0 Å². The predicted molar refractivity (Wildman–Crippen MR) is 126 cm³/mol. The van der Waals surface area contributed by atoms with Gasteiger partial charge >= 0.3 is 0 Å². The zero-order valence-corrected chi connectivity index (χ0v) is 17.5.